The van der Waals surface area contributed by atoms with Gasteiger partial charge in [0.2, 0.25) is 0 Å². The van der Waals surface area contributed by atoms with Gasteiger partial charge in [-0.25, -0.2) is 4.39 Å². The summed E-state index contributed by atoms with van der Waals surface area (Å²) < 4.78 is 39.0. The Kier molecular flexibility index (Phi) is 2.36. The molecule has 11 heavy (non-hydrogen) atoms. The molecule has 0 bridgehead atoms. The Labute approximate surface area is 61.4 Å². The highest BCUT2D eigenvalue weighted by molar-refractivity contribution is 5.20. The number of hydrogen-bond donors (Lipinski definition) is 0. The van der Waals surface area contributed by atoms with Gasteiger partial charge >= 0.3 is 6.61 Å². The summed E-state index contributed by atoms with van der Waals surface area (Å²) in [5.74, 6) is -0.701. The Hall–Kier alpha value is -1.19. The van der Waals surface area contributed by atoms with Crippen molar-refractivity contribution in [1.82, 2.24) is 0 Å². The zero-order valence-corrected chi connectivity index (χ0v) is 5.35. The maximum absolute atomic E-state index is 12.1. The summed E-state index contributed by atoms with van der Waals surface area (Å²) >= 11 is 0. The van der Waals surface area contributed by atoms with Gasteiger partial charge in [0, 0.05) is 6.07 Å². The number of rotatable bonds is 2. The first-order valence-electron chi connectivity index (χ1n) is 2.80. The maximum Gasteiger partial charge on any atom is 0.387 e. The second-order valence-electron chi connectivity index (χ2n) is 1.75. The van der Waals surface area contributed by atoms with Gasteiger partial charge in [0.15, 0.2) is 0 Å². The van der Waals surface area contributed by atoms with E-state index in [0.29, 0.717) is 0 Å². The van der Waals surface area contributed by atoms with E-state index in [9.17, 15) is 13.2 Å². The first kappa shape index (κ1) is 7.91. The summed E-state index contributed by atoms with van der Waals surface area (Å²) in [4.78, 5) is 0. The summed E-state index contributed by atoms with van der Waals surface area (Å²) in [5.41, 5.74) is 0. The summed E-state index contributed by atoms with van der Waals surface area (Å²) in [6.45, 7) is -2.89. The molecule has 4 heteroatoms. The van der Waals surface area contributed by atoms with Crippen molar-refractivity contribution in [1.29, 1.82) is 0 Å². The molecule has 0 aromatic heterocycles. The largest absolute Gasteiger partial charge is 0.434 e. The highest BCUT2D eigenvalue weighted by Gasteiger charge is 2.03. The molecule has 0 saturated heterocycles. The second-order valence-corrected chi connectivity index (χ2v) is 1.75. The molecule has 0 amide bonds. The van der Waals surface area contributed by atoms with Crippen LogP contribution in [0.4, 0.5) is 13.2 Å². The lowest BCUT2D eigenvalue weighted by molar-refractivity contribution is -0.0500. The van der Waals surface area contributed by atoms with Crippen molar-refractivity contribution in [3.05, 3.63) is 30.1 Å². The first-order valence-corrected chi connectivity index (χ1v) is 2.80. The van der Waals surface area contributed by atoms with E-state index in [-0.39, 0.29) is 5.75 Å². The molecule has 0 saturated carbocycles. The molecule has 1 nitrogen and oxygen atoms in total. The Bertz CT molecular complexity index is 220. The number of benzene rings is 1. The normalized spacial score (nSPS) is 10.2. The predicted octanol–water partition coefficient (Wildman–Crippen LogP) is 2.23. The average Bonchev–Trinajstić information content (AvgIpc) is 1.93. The van der Waals surface area contributed by atoms with Gasteiger partial charge in [-0.1, -0.05) is 0 Å². The molecule has 0 aliphatic rings. The third kappa shape index (κ3) is 2.49. The number of ether oxygens (including phenoxy) is 1. The van der Waals surface area contributed by atoms with Crippen molar-refractivity contribution < 1.29 is 17.9 Å². The van der Waals surface area contributed by atoms with E-state index in [0.717, 1.165) is 18.2 Å². The minimum atomic E-state index is -2.89. The topological polar surface area (TPSA) is 9.23 Å². The molecule has 1 aromatic carbocycles. The monoisotopic (exact) mass is 161 g/mol. The van der Waals surface area contributed by atoms with Gasteiger partial charge in [-0.2, -0.15) is 8.78 Å². The van der Waals surface area contributed by atoms with Gasteiger partial charge < -0.3 is 4.74 Å². The van der Waals surface area contributed by atoms with Crippen LogP contribution in [0, 0.1) is 11.9 Å². The smallest absolute Gasteiger partial charge is 0.387 e. The fourth-order valence-corrected chi connectivity index (χ4v) is 0.561. The Morgan fingerprint density at radius 2 is 2.09 bits per heavy atom. The summed E-state index contributed by atoms with van der Waals surface area (Å²) in [7, 11) is 0. The van der Waals surface area contributed by atoms with Crippen LogP contribution in [-0.4, -0.2) is 6.61 Å². The van der Waals surface area contributed by atoms with Crippen molar-refractivity contribution in [3.63, 3.8) is 0 Å². The molecule has 0 aliphatic heterocycles. The predicted molar refractivity (Wildman–Crippen MR) is 31.9 cm³/mol. The SMILES string of the molecule is Fc1c[c]c(OC(F)F)cc1. The summed E-state index contributed by atoms with van der Waals surface area (Å²) in [6, 6.07) is 5.23. The first-order chi connectivity index (χ1) is 5.18. The highest BCUT2D eigenvalue weighted by atomic mass is 19.3. The molecule has 0 fully saturated rings. The fourth-order valence-electron chi connectivity index (χ4n) is 0.561. The summed E-state index contributed by atoms with van der Waals surface area (Å²) in [5, 5.41) is 0. The van der Waals surface area contributed by atoms with E-state index in [1.165, 1.54) is 0 Å². The van der Waals surface area contributed by atoms with E-state index in [4.69, 9.17) is 0 Å². The van der Waals surface area contributed by atoms with E-state index in [1.807, 2.05) is 0 Å². The van der Waals surface area contributed by atoms with Crippen molar-refractivity contribution in [2.45, 2.75) is 6.61 Å². The lowest BCUT2D eigenvalue weighted by atomic mass is 10.3. The lowest BCUT2D eigenvalue weighted by Crippen LogP contribution is -2.01. The van der Waals surface area contributed by atoms with Gasteiger partial charge in [-0.15, -0.1) is 0 Å². The van der Waals surface area contributed by atoms with Crippen LogP contribution in [0.5, 0.6) is 5.75 Å². The molecule has 0 heterocycles. The van der Waals surface area contributed by atoms with Crippen LogP contribution in [0.25, 0.3) is 0 Å². The minimum absolute atomic E-state index is 0.165. The van der Waals surface area contributed by atoms with E-state index in [2.05, 4.69) is 10.8 Å². The third-order valence-corrected chi connectivity index (χ3v) is 0.962. The molecule has 0 aliphatic carbocycles. The van der Waals surface area contributed by atoms with Gasteiger partial charge in [0.05, 0.1) is 0 Å². The van der Waals surface area contributed by atoms with Crippen molar-refractivity contribution in [2.24, 2.45) is 0 Å². The van der Waals surface area contributed by atoms with Crippen LogP contribution in [0.2, 0.25) is 0 Å². The van der Waals surface area contributed by atoms with Crippen molar-refractivity contribution in [3.8, 4) is 5.75 Å². The van der Waals surface area contributed by atoms with E-state index >= 15 is 0 Å². The molecular weight excluding hydrogens is 157 g/mol. The molecule has 1 radical (unpaired) electrons. The molecule has 0 unspecified atom stereocenters. The molecular formula is C7H4F3O. The van der Waals surface area contributed by atoms with Crippen molar-refractivity contribution in [2.75, 3.05) is 0 Å². The van der Waals surface area contributed by atoms with Crippen LogP contribution in [0.3, 0.4) is 0 Å². The number of hydrogen-bond acceptors (Lipinski definition) is 1. The quantitative estimate of drug-likeness (QED) is 0.646. The van der Waals surface area contributed by atoms with E-state index in [1.54, 1.807) is 0 Å². The zero-order valence-electron chi connectivity index (χ0n) is 5.35. The van der Waals surface area contributed by atoms with E-state index < -0.39 is 12.4 Å². The van der Waals surface area contributed by atoms with Crippen LogP contribution in [-0.2, 0) is 0 Å². The Morgan fingerprint density at radius 3 is 2.55 bits per heavy atom. The van der Waals surface area contributed by atoms with Crippen LogP contribution in [0.1, 0.15) is 0 Å². The second kappa shape index (κ2) is 3.27. The maximum atomic E-state index is 12.1. The van der Waals surface area contributed by atoms with Gasteiger partial charge in [0.1, 0.15) is 11.6 Å². The molecule has 1 aromatic rings. The molecule has 0 N–H and O–H groups in total. The lowest BCUT2D eigenvalue weighted by Gasteiger charge is -2.01. The molecule has 0 atom stereocenters. The highest BCUT2D eigenvalue weighted by Crippen LogP contribution is 2.12. The van der Waals surface area contributed by atoms with Crippen molar-refractivity contribution >= 4 is 0 Å². The zero-order chi connectivity index (χ0) is 8.27. The molecule has 1 rings (SSSR count). The minimum Gasteiger partial charge on any atom is -0.434 e. The van der Waals surface area contributed by atoms with Crippen LogP contribution >= 0.6 is 0 Å². The van der Waals surface area contributed by atoms with Gasteiger partial charge in [-0.05, 0) is 18.2 Å². The van der Waals surface area contributed by atoms with Crippen LogP contribution in [0.15, 0.2) is 18.2 Å². The number of halogens is 3. The standard InChI is InChI=1S/C7H4F3O/c8-5-1-3-6(4-2-5)11-7(9)10/h1-3,7H. The Balaban J connectivity index is 2.66. The Morgan fingerprint density at radius 1 is 1.36 bits per heavy atom. The summed E-state index contributed by atoms with van der Waals surface area (Å²) in [6.07, 6.45) is 0. The van der Waals surface area contributed by atoms with Gasteiger partial charge in [-0.3, -0.25) is 0 Å². The molecule has 0 spiro atoms. The van der Waals surface area contributed by atoms with Crippen LogP contribution < -0.4 is 4.74 Å². The fraction of sp³-hybridized carbons (Fsp3) is 0.143. The molecule has 59 valence electrons. The third-order valence-electron chi connectivity index (χ3n) is 0.962. The average molecular weight is 161 g/mol. The van der Waals surface area contributed by atoms with Gasteiger partial charge in [0.25, 0.3) is 0 Å². The number of alkyl halides is 2.